The highest BCUT2D eigenvalue weighted by Gasteiger charge is 2.19. The number of aliphatic hydroxyl groups excluding tert-OH is 1. The van der Waals surface area contributed by atoms with Gasteiger partial charge in [0.15, 0.2) is 0 Å². The molecule has 0 spiro atoms. The van der Waals surface area contributed by atoms with Gasteiger partial charge < -0.3 is 15.2 Å². The number of nitrogens with one attached hydrogen (secondary N) is 1. The summed E-state index contributed by atoms with van der Waals surface area (Å²) in [5.74, 6) is 0.475. The molecule has 1 aromatic carbocycles. The lowest BCUT2D eigenvalue weighted by Gasteiger charge is -2.18. The quantitative estimate of drug-likeness (QED) is 0.808. The third kappa shape index (κ3) is 2.71. The van der Waals surface area contributed by atoms with E-state index in [4.69, 9.17) is 4.74 Å². The van der Waals surface area contributed by atoms with Crippen LogP contribution in [0.5, 0.6) is 5.75 Å². The number of likely N-dealkylation sites (N-methyl/N-ethyl adjacent to an activating group) is 1. The van der Waals surface area contributed by atoms with E-state index in [9.17, 15) is 9.50 Å². The zero-order chi connectivity index (χ0) is 12.1. The predicted octanol–water partition coefficient (Wildman–Crippen LogP) is 1.98. The Morgan fingerprint density at radius 2 is 2.19 bits per heavy atom. The molecule has 1 aromatic rings. The van der Waals surface area contributed by atoms with Gasteiger partial charge in [0.25, 0.3) is 0 Å². The maximum absolute atomic E-state index is 13.5. The first kappa shape index (κ1) is 12.9. The van der Waals surface area contributed by atoms with Crippen molar-refractivity contribution in [3.05, 3.63) is 29.3 Å². The normalized spacial score (nSPS) is 14.6. The number of ether oxygens (including phenoxy) is 1. The molecule has 0 aliphatic carbocycles. The molecule has 3 nitrogen and oxygen atoms in total. The number of aliphatic hydroxyl groups is 1. The molecule has 2 N–H and O–H groups in total. The van der Waals surface area contributed by atoms with Crippen LogP contribution in [0.2, 0.25) is 0 Å². The summed E-state index contributed by atoms with van der Waals surface area (Å²) in [6, 6.07) is 5.16. The third-order valence-electron chi connectivity index (χ3n) is 2.47. The molecule has 2 unspecified atom stereocenters. The Bertz CT molecular complexity index is 342. The maximum Gasteiger partial charge on any atom is 0.126 e. The number of hydrogen-bond donors (Lipinski definition) is 2. The van der Waals surface area contributed by atoms with Gasteiger partial charge in [-0.1, -0.05) is 12.1 Å². The lowest BCUT2D eigenvalue weighted by molar-refractivity contribution is 0.173. The van der Waals surface area contributed by atoms with Crippen LogP contribution in [-0.2, 0) is 0 Å². The molecule has 2 atom stereocenters. The van der Waals surface area contributed by atoms with Gasteiger partial charge in [0.2, 0.25) is 0 Å². The van der Waals surface area contributed by atoms with Crippen molar-refractivity contribution < 1.29 is 14.2 Å². The largest absolute Gasteiger partial charge is 0.496 e. The molecule has 0 bridgehead atoms. The van der Waals surface area contributed by atoms with E-state index in [0.29, 0.717) is 23.4 Å². The van der Waals surface area contributed by atoms with E-state index in [1.165, 1.54) is 14.0 Å². The molecule has 16 heavy (non-hydrogen) atoms. The van der Waals surface area contributed by atoms with E-state index in [2.05, 4.69) is 5.32 Å². The molecule has 0 aliphatic heterocycles. The van der Waals surface area contributed by atoms with Crippen molar-refractivity contribution in [3.63, 3.8) is 0 Å². The number of alkyl halides is 1. The Hall–Kier alpha value is -1.13. The monoisotopic (exact) mass is 227 g/mol. The van der Waals surface area contributed by atoms with Crippen LogP contribution in [0.3, 0.4) is 0 Å². The highest BCUT2D eigenvalue weighted by atomic mass is 19.1. The van der Waals surface area contributed by atoms with Crippen LogP contribution in [0.15, 0.2) is 18.2 Å². The van der Waals surface area contributed by atoms with Crippen molar-refractivity contribution >= 4 is 0 Å². The van der Waals surface area contributed by atoms with Crippen LogP contribution in [0.1, 0.15) is 30.3 Å². The lowest BCUT2D eigenvalue weighted by atomic mass is 9.98. The summed E-state index contributed by atoms with van der Waals surface area (Å²) < 4.78 is 18.6. The second-order valence-corrected chi connectivity index (χ2v) is 3.65. The van der Waals surface area contributed by atoms with Crippen LogP contribution in [0, 0.1) is 0 Å². The maximum atomic E-state index is 13.5. The van der Waals surface area contributed by atoms with Gasteiger partial charge in [-0.05, 0) is 25.6 Å². The van der Waals surface area contributed by atoms with Crippen molar-refractivity contribution in [2.24, 2.45) is 0 Å². The number of rotatable bonds is 5. The average Bonchev–Trinajstić information content (AvgIpc) is 2.28. The molecule has 90 valence electrons. The standard InChI is InChI=1S/C12H18FNO2/c1-8(13)12-9(10(15)7-14-2)5-4-6-11(12)16-3/h4-6,8,10,14-15H,7H2,1-3H3. The molecule has 0 heterocycles. The van der Waals surface area contributed by atoms with Crippen molar-refractivity contribution in [2.45, 2.75) is 19.2 Å². The Morgan fingerprint density at radius 1 is 1.50 bits per heavy atom. The SMILES string of the molecule is CNCC(O)c1cccc(OC)c1C(C)F. The van der Waals surface area contributed by atoms with Gasteiger partial charge in [-0.2, -0.15) is 0 Å². The second kappa shape index (κ2) is 5.82. The summed E-state index contributed by atoms with van der Waals surface area (Å²) in [6.07, 6.45) is -1.90. The molecule has 0 amide bonds. The van der Waals surface area contributed by atoms with Gasteiger partial charge in [0.1, 0.15) is 11.9 Å². The van der Waals surface area contributed by atoms with Gasteiger partial charge in [-0.3, -0.25) is 0 Å². The summed E-state index contributed by atoms with van der Waals surface area (Å²) in [4.78, 5) is 0. The van der Waals surface area contributed by atoms with Crippen LogP contribution in [0.4, 0.5) is 4.39 Å². The van der Waals surface area contributed by atoms with Crippen molar-refractivity contribution in [1.82, 2.24) is 5.32 Å². The topological polar surface area (TPSA) is 41.5 Å². The van der Waals surface area contributed by atoms with Gasteiger partial charge >= 0.3 is 0 Å². The molecular weight excluding hydrogens is 209 g/mol. The first-order valence-corrected chi connectivity index (χ1v) is 5.25. The fraction of sp³-hybridized carbons (Fsp3) is 0.500. The molecule has 0 saturated heterocycles. The van der Waals surface area contributed by atoms with Crippen molar-refractivity contribution in [3.8, 4) is 5.75 Å². The van der Waals surface area contributed by atoms with Crippen molar-refractivity contribution in [2.75, 3.05) is 20.7 Å². The van der Waals surface area contributed by atoms with Gasteiger partial charge in [0.05, 0.1) is 13.2 Å². The van der Waals surface area contributed by atoms with Crippen LogP contribution in [-0.4, -0.2) is 25.8 Å². The third-order valence-corrected chi connectivity index (χ3v) is 2.47. The van der Waals surface area contributed by atoms with E-state index < -0.39 is 12.3 Å². The lowest BCUT2D eigenvalue weighted by Crippen LogP contribution is -2.18. The minimum absolute atomic E-state index is 0.382. The fourth-order valence-corrected chi connectivity index (χ4v) is 1.76. The molecule has 0 radical (unpaired) electrons. The minimum atomic E-state index is -1.17. The van der Waals surface area contributed by atoms with Gasteiger partial charge in [-0.15, -0.1) is 0 Å². The minimum Gasteiger partial charge on any atom is -0.496 e. The smallest absolute Gasteiger partial charge is 0.126 e. The van der Waals surface area contributed by atoms with Gasteiger partial charge in [-0.25, -0.2) is 4.39 Å². The van der Waals surface area contributed by atoms with E-state index in [-0.39, 0.29) is 0 Å². The van der Waals surface area contributed by atoms with E-state index in [0.717, 1.165) is 0 Å². The Balaban J connectivity index is 3.16. The Morgan fingerprint density at radius 3 is 2.69 bits per heavy atom. The number of halogens is 1. The number of methoxy groups -OCH3 is 1. The predicted molar refractivity (Wildman–Crippen MR) is 61.4 cm³/mol. The summed E-state index contributed by atoms with van der Waals surface area (Å²) in [6.45, 7) is 1.82. The average molecular weight is 227 g/mol. The first-order valence-electron chi connectivity index (χ1n) is 5.25. The zero-order valence-corrected chi connectivity index (χ0v) is 9.83. The van der Waals surface area contributed by atoms with Crippen LogP contribution < -0.4 is 10.1 Å². The van der Waals surface area contributed by atoms with E-state index in [1.54, 1.807) is 25.2 Å². The van der Waals surface area contributed by atoms with Crippen LogP contribution in [0.25, 0.3) is 0 Å². The summed E-state index contributed by atoms with van der Waals surface area (Å²) in [5, 5.41) is 12.7. The molecule has 1 rings (SSSR count). The van der Waals surface area contributed by atoms with E-state index in [1.807, 2.05) is 0 Å². The number of benzene rings is 1. The molecule has 0 fully saturated rings. The highest BCUT2D eigenvalue weighted by molar-refractivity contribution is 5.43. The molecule has 0 aliphatic rings. The Labute approximate surface area is 95.2 Å². The second-order valence-electron chi connectivity index (χ2n) is 3.65. The zero-order valence-electron chi connectivity index (χ0n) is 9.83. The highest BCUT2D eigenvalue weighted by Crippen LogP contribution is 2.33. The fourth-order valence-electron chi connectivity index (χ4n) is 1.76. The first-order chi connectivity index (χ1) is 7.61. The van der Waals surface area contributed by atoms with Crippen LogP contribution >= 0.6 is 0 Å². The van der Waals surface area contributed by atoms with E-state index >= 15 is 0 Å². The molecule has 0 aromatic heterocycles. The molecule has 4 heteroatoms. The summed E-state index contributed by atoms with van der Waals surface area (Å²) in [5.41, 5.74) is 0.997. The summed E-state index contributed by atoms with van der Waals surface area (Å²) >= 11 is 0. The molecular formula is C12H18FNO2. The summed E-state index contributed by atoms with van der Waals surface area (Å²) in [7, 11) is 3.23. The molecule has 0 saturated carbocycles. The van der Waals surface area contributed by atoms with Crippen molar-refractivity contribution in [1.29, 1.82) is 0 Å². The van der Waals surface area contributed by atoms with Gasteiger partial charge in [0, 0.05) is 12.1 Å². The number of hydrogen-bond acceptors (Lipinski definition) is 3. The Kier molecular flexibility index (Phi) is 4.71.